The zero-order chi connectivity index (χ0) is 14.6. The topological polar surface area (TPSA) is 76.9 Å². The smallest absolute Gasteiger partial charge is 0.211 e. The van der Waals surface area contributed by atoms with Gasteiger partial charge in [0.2, 0.25) is 10.0 Å². The molecule has 2 aromatic rings. The molecular weight excluding hydrogens is 276 g/mol. The molecule has 0 unspecified atom stereocenters. The van der Waals surface area contributed by atoms with Crippen molar-refractivity contribution < 1.29 is 8.42 Å². The third-order valence-electron chi connectivity index (χ3n) is 2.88. The highest BCUT2D eigenvalue weighted by atomic mass is 32.2. The van der Waals surface area contributed by atoms with Gasteiger partial charge in [-0.3, -0.25) is 9.67 Å². The summed E-state index contributed by atoms with van der Waals surface area (Å²) < 4.78 is 27.6. The Hall–Kier alpha value is -1.73. The Kier molecular flexibility index (Phi) is 4.51. The summed E-state index contributed by atoms with van der Waals surface area (Å²) in [5, 5.41) is 4.11. The first kappa shape index (κ1) is 14.7. The lowest BCUT2D eigenvalue weighted by Gasteiger charge is -2.07. The molecule has 20 heavy (non-hydrogen) atoms. The maximum absolute atomic E-state index is 11.6. The van der Waals surface area contributed by atoms with Gasteiger partial charge in [-0.2, -0.15) is 5.10 Å². The van der Waals surface area contributed by atoms with Crippen LogP contribution in [0.4, 0.5) is 0 Å². The molecule has 0 atom stereocenters. The van der Waals surface area contributed by atoms with Crippen molar-refractivity contribution in [1.82, 2.24) is 19.5 Å². The zero-order valence-electron chi connectivity index (χ0n) is 11.6. The average molecular weight is 294 g/mol. The molecule has 7 heteroatoms. The summed E-state index contributed by atoms with van der Waals surface area (Å²) in [4.78, 5) is 4.15. The van der Waals surface area contributed by atoms with E-state index >= 15 is 0 Å². The van der Waals surface area contributed by atoms with Gasteiger partial charge in [0, 0.05) is 37.7 Å². The van der Waals surface area contributed by atoms with Crippen molar-refractivity contribution in [3.8, 4) is 11.3 Å². The van der Waals surface area contributed by atoms with Gasteiger partial charge >= 0.3 is 0 Å². The lowest BCUT2D eigenvalue weighted by molar-refractivity contribution is 0.580. The second kappa shape index (κ2) is 6.15. The summed E-state index contributed by atoms with van der Waals surface area (Å²) in [7, 11) is -1.35. The van der Waals surface area contributed by atoms with E-state index in [1.165, 1.54) is 0 Å². The molecule has 0 saturated carbocycles. The zero-order valence-corrected chi connectivity index (χ0v) is 12.4. The predicted molar refractivity (Wildman–Crippen MR) is 77.4 cm³/mol. The summed E-state index contributed by atoms with van der Waals surface area (Å²) in [5.74, 6) is 0.141. The second-order valence-electron chi connectivity index (χ2n) is 4.56. The van der Waals surface area contributed by atoms with Crippen LogP contribution in [0.2, 0.25) is 0 Å². The normalized spacial score (nSPS) is 11.7. The summed E-state index contributed by atoms with van der Waals surface area (Å²) in [5.41, 5.74) is 2.68. The molecular formula is C13H18N4O2S. The summed E-state index contributed by atoms with van der Waals surface area (Å²) >= 11 is 0. The van der Waals surface area contributed by atoms with Crippen molar-refractivity contribution >= 4 is 10.0 Å². The number of hydrogen-bond donors (Lipinski definition) is 1. The highest BCUT2D eigenvalue weighted by Gasteiger charge is 2.09. The summed E-state index contributed by atoms with van der Waals surface area (Å²) in [6.07, 6.45) is 5.71. The molecule has 0 spiro atoms. The van der Waals surface area contributed by atoms with Gasteiger partial charge in [0.25, 0.3) is 0 Å². The second-order valence-corrected chi connectivity index (χ2v) is 6.49. The van der Waals surface area contributed by atoms with E-state index in [9.17, 15) is 8.42 Å². The third-order valence-corrected chi connectivity index (χ3v) is 4.41. The van der Waals surface area contributed by atoms with E-state index in [1.807, 2.05) is 26.1 Å². The molecule has 2 heterocycles. The van der Waals surface area contributed by atoms with Crippen LogP contribution in [0.15, 0.2) is 30.7 Å². The molecule has 6 nitrogen and oxygen atoms in total. The van der Waals surface area contributed by atoms with Crippen molar-refractivity contribution in [3.63, 3.8) is 0 Å². The van der Waals surface area contributed by atoms with E-state index in [0.29, 0.717) is 6.42 Å². The van der Waals surface area contributed by atoms with Gasteiger partial charge in [-0.05, 0) is 24.1 Å². The van der Waals surface area contributed by atoms with Crippen LogP contribution in [-0.4, -0.2) is 28.9 Å². The van der Waals surface area contributed by atoms with Crippen LogP contribution < -0.4 is 4.72 Å². The van der Waals surface area contributed by atoms with Gasteiger partial charge in [0.05, 0.1) is 11.4 Å². The first-order valence-electron chi connectivity index (χ1n) is 6.41. The molecule has 0 saturated heterocycles. The monoisotopic (exact) mass is 294 g/mol. The van der Waals surface area contributed by atoms with E-state index in [4.69, 9.17) is 0 Å². The molecule has 0 aliphatic rings. The van der Waals surface area contributed by atoms with Crippen molar-refractivity contribution in [2.75, 3.05) is 5.75 Å². The number of aryl methyl sites for hydroxylation is 1. The molecule has 0 aromatic carbocycles. The Morgan fingerprint density at radius 2 is 2.15 bits per heavy atom. The first-order chi connectivity index (χ1) is 9.52. The summed E-state index contributed by atoms with van der Waals surface area (Å²) in [6, 6.07) is 3.81. The van der Waals surface area contributed by atoms with Crippen LogP contribution >= 0.6 is 0 Å². The predicted octanol–water partition coefficient (Wildman–Crippen LogP) is 1.31. The van der Waals surface area contributed by atoms with Crippen molar-refractivity contribution in [1.29, 1.82) is 0 Å². The molecule has 108 valence electrons. The minimum atomic E-state index is -3.20. The Morgan fingerprint density at radius 3 is 2.80 bits per heavy atom. The third kappa shape index (κ3) is 3.64. The van der Waals surface area contributed by atoms with Crippen molar-refractivity contribution in [2.45, 2.75) is 19.9 Å². The lowest BCUT2D eigenvalue weighted by atomic mass is 10.1. The highest BCUT2D eigenvalue weighted by molar-refractivity contribution is 7.89. The molecule has 2 rings (SSSR count). The van der Waals surface area contributed by atoms with E-state index in [2.05, 4.69) is 14.8 Å². The SMILES string of the molecule is CCCS(=O)(=O)NCc1cncc(-c2ccnn2C)c1. The van der Waals surface area contributed by atoms with Crippen LogP contribution in [0.5, 0.6) is 0 Å². The highest BCUT2D eigenvalue weighted by Crippen LogP contribution is 2.18. The van der Waals surface area contributed by atoms with Gasteiger partial charge in [0.15, 0.2) is 0 Å². The molecule has 0 aliphatic carbocycles. The Morgan fingerprint density at radius 1 is 1.35 bits per heavy atom. The van der Waals surface area contributed by atoms with Crippen LogP contribution in [0.1, 0.15) is 18.9 Å². The number of sulfonamides is 1. The van der Waals surface area contributed by atoms with E-state index in [1.54, 1.807) is 23.3 Å². The summed E-state index contributed by atoms with van der Waals surface area (Å²) in [6.45, 7) is 2.09. The fraction of sp³-hybridized carbons (Fsp3) is 0.385. The van der Waals surface area contributed by atoms with Crippen LogP contribution in [0, 0.1) is 0 Å². The largest absolute Gasteiger partial charge is 0.268 e. The molecule has 2 aromatic heterocycles. The molecule has 0 radical (unpaired) electrons. The van der Waals surface area contributed by atoms with E-state index in [-0.39, 0.29) is 12.3 Å². The Balaban J connectivity index is 2.13. The average Bonchev–Trinajstić information content (AvgIpc) is 2.83. The molecule has 0 bridgehead atoms. The number of aromatic nitrogens is 3. The van der Waals surface area contributed by atoms with Gasteiger partial charge in [0.1, 0.15) is 0 Å². The van der Waals surface area contributed by atoms with Gasteiger partial charge in [-0.15, -0.1) is 0 Å². The number of hydrogen-bond acceptors (Lipinski definition) is 4. The fourth-order valence-electron chi connectivity index (χ4n) is 1.92. The van der Waals surface area contributed by atoms with Gasteiger partial charge in [-0.1, -0.05) is 6.92 Å². The number of nitrogens with one attached hydrogen (secondary N) is 1. The van der Waals surface area contributed by atoms with Gasteiger partial charge < -0.3 is 0 Å². The quantitative estimate of drug-likeness (QED) is 0.871. The molecule has 0 amide bonds. The van der Waals surface area contributed by atoms with Crippen molar-refractivity contribution in [3.05, 3.63) is 36.3 Å². The first-order valence-corrected chi connectivity index (χ1v) is 8.06. The van der Waals surface area contributed by atoms with Crippen molar-refractivity contribution in [2.24, 2.45) is 7.05 Å². The number of rotatable bonds is 6. The van der Waals surface area contributed by atoms with Crippen LogP contribution in [0.25, 0.3) is 11.3 Å². The molecule has 0 fully saturated rings. The minimum absolute atomic E-state index is 0.141. The van der Waals surface area contributed by atoms with Crippen LogP contribution in [-0.2, 0) is 23.6 Å². The molecule has 1 N–H and O–H groups in total. The standard InChI is InChI=1S/C13H18N4O2S/c1-3-6-20(18,19)16-9-11-7-12(10-14-8-11)13-4-5-15-17(13)2/h4-5,7-8,10,16H,3,6,9H2,1-2H3. The maximum Gasteiger partial charge on any atom is 0.211 e. The fourth-order valence-corrected chi connectivity index (χ4v) is 2.98. The van der Waals surface area contributed by atoms with Crippen LogP contribution in [0.3, 0.4) is 0 Å². The van der Waals surface area contributed by atoms with E-state index in [0.717, 1.165) is 16.8 Å². The number of pyridine rings is 1. The Bertz CT molecular complexity index is 679. The van der Waals surface area contributed by atoms with E-state index < -0.39 is 10.0 Å². The lowest BCUT2D eigenvalue weighted by Crippen LogP contribution is -2.25. The van der Waals surface area contributed by atoms with Gasteiger partial charge in [-0.25, -0.2) is 13.1 Å². The number of nitrogens with zero attached hydrogens (tertiary/aromatic N) is 3. The Labute approximate surface area is 118 Å². The molecule has 0 aliphatic heterocycles. The minimum Gasteiger partial charge on any atom is -0.268 e. The maximum atomic E-state index is 11.6.